The fraction of sp³-hybridized carbons (Fsp3) is 0.0500. The molecule has 11 heteroatoms. The van der Waals surface area contributed by atoms with Crippen LogP contribution in [0.25, 0.3) is 10.9 Å². The lowest BCUT2D eigenvalue weighted by molar-refractivity contribution is -0.385. The standard InChI is InChI=1S/C20H15N7O4/c1-12-5-6-13-3-2-4-15(16(13)24-12)31-20-17(27(29)30)18(22-11-23-20)25-26-19(28)14-7-9-21-10-8-14/h2-11H,1H3,(H,26,28)(H,22,23,25). The van der Waals surface area contributed by atoms with Gasteiger partial charge in [-0.2, -0.15) is 4.98 Å². The SMILES string of the molecule is Cc1ccc2cccc(Oc3ncnc(NNC(=O)c4ccncc4)c3[N+](=O)[O-])c2n1. The number of hydrazine groups is 1. The number of amides is 1. The van der Waals surface area contributed by atoms with Crippen LogP contribution in [0.4, 0.5) is 11.5 Å². The van der Waals surface area contributed by atoms with E-state index >= 15 is 0 Å². The minimum atomic E-state index is -0.694. The maximum atomic E-state index is 12.2. The molecule has 11 nitrogen and oxygen atoms in total. The fourth-order valence-electron chi connectivity index (χ4n) is 2.79. The molecule has 0 bridgehead atoms. The second kappa shape index (κ2) is 8.37. The molecule has 2 N–H and O–H groups in total. The van der Waals surface area contributed by atoms with Gasteiger partial charge < -0.3 is 4.74 Å². The van der Waals surface area contributed by atoms with Crippen LogP contribution in [0, 0.1) is 17.0 Å². The van der Waals surface area contributed by atoms with Crippen molar-refractivity contribution < 1.29 is 14.5 Å². The van der Waals surface area contributed by atoms with E-state index < -0.39 is 16.5 Å². The van der Waals surface area contributed by atoms with Crippen LogP contribution < -0.4 is 15.6 Å². The average molecular weight is 417 g/mol. The lowest BCUT2D eigenvalue weighted by atomic mass is 10.2. The minimum absolute atomic E-state index is 0.234. The fourth-order valence-corrected chi connectivity index (χ4v) is 2.79. The number of carbonyl (C=O) groups excluding carboxylic acids is 1. The molecule has 0 unspecified atom stereocenters. The van der Waals surface area contributed by atoms with E-state index in [0.717, 1.165) is 17.4 Å². The number of nitrogens with one attached hydrogen (secondary N) is 2. The third-order valence-electron chi connectivity index (χ3n) is 4.24. The van der Waals surface area contributed by atoms with Crippen LogP contribution in [0.15, 0.2) is 61.2 Å². The zero-order valence-corrected chi connectivity index (χ0v) is 16.1. The summed E-state index contributed by atoms with van der Waals surface area (Å²) in [5.41, 5.74) is 5.89. The number of pyridine rings is 2. The van der Waals surface area contributed by atoms with Crippen molar-refractivity contribution in [3.63, 3.8) is 0 Å². The molecule has 3 heterocycles. The molecule has 0 saturated carbocycles. The molecule has 0 saturated heterocycles. The summed E-state index contributed by atoms with van der Waals surface area (Å²) in [6, 6.07) is 12.0. The van der Waals surface area contributed by atoms with Crippen molar-refractivity contribution in [3.05, 3.63) is 82.6 Å². The number of rotatable bonds is 6. The lowest BCUT2D eigenvalue weighted by Crippen LogP contribution is -2.30. The summed E-state index contributed by atoms with van der Waals surface area (Å²) < 4.78 is 5.75. The van der Waals surface area contributed by atoms with E-state index in [1.807, 2.05) is 25.1 Å². The Kier molecular flexibility index (Phi) is 5.30. The van der Waals surface area contributed by atoms with Crippen LogP contribution in [-0.4, -0.2) is 30.8 Å². The van der Waals surface area contributed by atoms with E-state index in [2.05, 4.69) is 30.8 Å². The van der Waals surface area contributed by atoms with Crippen LogP contribution in [0.5, 0.6) is 11.6 Å². The highest BCUT2D eigenvalue weighted by Gasteiger charge is 2.26. The highest BCUT2D eigenvalue weighted by atomic mass is 16.6. The minimum Gasteiger partial charge on any atom is -0.431 e. The molecule has 0 spiro atoms. The highest BCUT2D eigenvalue weighted by Crippen LogP contribution is 2.35. The summed E-state index contributed by atoms with van der Waals surface area (Å²) in [7, 11) is 0. The van der Waals surface area contributed by atoms with Gasteiger partial charge in [-0.3, -0.25) is 30.7 Å². The summed E-state index contributed by atoms with van der Waals surface area (Å²) in [4.78, 5) is 39.3. The Labute approximate surface area is 175 Å². The molecule has 0 aliphatic rings. The lowest BCUT2D eigenvalue weighted by Gasteiger charge is -2.11. The molecule has 0 aliphatic heterocycles. The van der Waals surface area contributed by atoms with Gasteiger partial charge in [-0.25, -0.2) is 9.97 Å². The second-order valence-electron chi connectivity index (χ2n) is 6.33. The molecule has 0 fully saturated rings. The number of hydrogen-bond acceptors (Lipinski definition) is 9. The normalized spacial score (nSPS) is 10.5. The number of aryl methyl sites for hydroxylation is 1. The van der Waals surface area contributed by atoms with Gasteiger partial charge in [-0.15, -0.1) is 0 Å². The van der Waals surface area contributed by atoms with Crippen molar-refractivity contribution in [1.29, 1.82) is 0 Å². The van der Waals surface area contributed by atoms with Crippen LogP contribution >= 0.6 is 0 Å². The number of aromatic nitrogens is 4. The first-order valence-electron chi connectivity index (χ1n) is 9.03. The van der Waals surface area contributed by atoms with Gasteiger partial charge in [0.05, 0.1) is 4.92 Å². The quantitative estimate of drug-likeness (QED) is 0.357. The Balaban J connectivity index is 1.65. The van der Waals surface area contributed by atoms with Gasteiger partial charge in [0, 0.05) is 29.0 Å². The van der Waals surface area contributed by atoms with E-state index in [-0.39, 0.29) is 11.7 Å². The zero-order valence-electron chi connectivity index (χ0n) is 16.1. The van der Waals surface area contributed by atoms with E-state index in [1.54, 1.807) is 12.1 Å². The summed E-state index contributed by atoms with van der Waals surface area (Å²) in [6.45, 7) is 1.83. The van der Waals surface area contributed by atoms with E-state index in [9.17, 15) is 14.9 Å². The molecule has 3 aromatic heterocycles. The number of nitro groups is 1. The summed E-state index contributed by atoms with van der Waals surface area (Å²) in [5.74, 6) is -0.750. The first-order chi connectivity index (χ1) is 15.0. The maximum absolute atomic E-state index is 12.2. The van der Waals surface area contributed by atoms with Gasteiger partial charge >= 0.3 is 11.6 Å². The monoisotopic (exact) mass is 417 g/mol. The van der Waals surface area contributed by atoms with Gasteiger partial charge in [0.15, 0.2) is 5.75 Å². The van der Waals surface area contributed by atoms with E-state index in [1.165, 1.54) is 24.5 Å². The Morgan fingerprint density at radius 2 is 1.90 bits per heavy atom. The Morgan fingerprint density at radius 1 is 1.10 bits per heavy atom. The van der Waals surface area contributed by atoms with E-state index in [0.29, 0.717) is 16.8 Å². The Hall–Kier alpha value is -4.67. The van der Waals surface area contributed by atoms with Crippen molar-refractivity contribution in [3.8, 4) is 11.6 Å². The number of nitrogens with zero attached hydrogens (tertiary/aromatic N) is 5. The smallest absolute Gasteiger partial charge is 0.374 e. The van der Waals surface area contributed by atoms with Crippen LogP contribution in [-0.2, 0) is 0 Å². The van der Waals surface area contributed by atoms with Gasteiger partial charge in [-0.1, -0.05) is 18.2 Å². The largest absolute Gasteiger partial charge is 0.431 e. The van der Waals surface area contributed by atoms with Crippen molar-refractivity contribution in [2.45, 2.75) is 6.92 Å². The first kappa shape index (κ1) is 19.6. The highest BCUT2D eigenvalue weighted by molar-refractivity contribution is 5.94. The molecule has 4 aromatic rings. The number of hydrogen-bond donors (Lipinski definition) is 2. The summed E-state index contributed by atoms with van der Waals surface area (Å²) in [6.07, 6.45) is 3.99. The molecule has 0 radical (unpaired) electrons. The molecule has 0 aliphatic carbocycles. The number of fused-ring (bicyclic) bond motifs is 1. The van der Waals surface area contributed by atoms with E-state index in [4.69, 9.17) is 4.74 Å². The molecule has 1 amide bonds. The molecular formula is C20H15N7O4. The van der Waals surface area contributed by atoms with Crippen molar-refractivity contribution >= 4 is 28.3 Å². The zero-order chi connectivity index (χ0) is 21.8. The molecular weight excluding hydrogens is 402 g/mol. The molecule has 4 rings (SSSR count). The van der Waals surface area contributed by atoms with Gasteiger partial charge in [0.1, 0.15) is 11.8 Å². The number of para-hydroxylation sites is 1. The molecule has 0 atom stereocenters. The van der Waals surface area contributed by atoms with Crippen molar-refractivity contribution in [1.82, 2.24) is 25.4 Å². The maximum Gasteiger partial charge on any atom is 0.374 e. The van der Waals surface area contributed by atoms with Gasteiger partial charge in [0.2, 0.25) is 5.82 Å². The molecule has 1 aromatic carbocycles. The average Bonchev–Trinajstić information content (AvgIpc) is 2.78. The first-order valence-corrected chi connectivity index (χ1v) is 9.03. The molecule has 154 valence electrons. The van der Waals surface area contributed by atoms with Gasteiger partial charge in [-0.05, 0) is 31.2 Å². The third-order valence-corrected chi connectivity index (χ3v) is 4.24. The van der Waals surface area contributed by atoms with Crippen LogP contribution in [0.1, 0.15) is 16.1 Å². The Morgan fingerprint density at radius 3 is 2.68 bits per heavy atom. The predicted molar refractivity (Wildman–Crippen MR) is 111 cm³/mol. The number of anilines is 1. The van der Waals surface area contributed by atoms with Gasteiger partial charge in [0.25, 0.3) is 5.91 Å². The summed E-state index contributed by atoms with van der Waals surface area (Å²) >= 11 is 0. The number of benzene rings is 1. The topological polar surface area (TPSA) is 145 Å². The predicted octanol–water partition coefficient (Wildman–Crippen LogP) is 3.19. The van der Waals surface area contributed by atoms with Crippen molar-refractivity contribution in [2.75, 3.05) is 5.43 Å². The van der Waals surface area contributed by atoms with Crippen LogP contribution in [0.2, 0.25) is 0 Å². The number of ether oxygens (including phenoxy) is 1. The number of carbonyl (C=O) groups is 1. The Bertz CT molecular complexity index is 1280. The molecule has 31 heavy (non-hydrogen) atoms. The third kappa shape index (κ3) is 4.19. The van der Waals surface area contributed by atoms with Crippen molar-refractivity contribution in [2.24, 2.45) is 0 Å². The second-order valence-corrected chi connectivity index (χ2v) is 6.33. The summed E-state index contributed by atoms with van der Waals surface area (Å²) in [5, 5.41) is 12.5. The van der Waals surface area contributed by atoms with Crippen LogP contribution in [0.3, 0.4) is 0 Å².